The molecule has 1 aromatic heterocycles. The number of nitrogens with one attached hydrogen (secondary N) is 1. The van der Waals surface area contributed by atoms with E-state index in [0.29, 0.717) is 5.82 Å². The Labute approximate surface area is 132 Å². The van der Waals surface area contributed by atoms with Crippen molar-refractivity contribution in [3.8, 4) is 0 Å². The van der Waals surface area contributed by atoms with Gasteiger partial charge in [-0.25, -0.2) is 9.37 Å². The van der Waals surface area contributed by atoms with E-state index in [-0.39, 0.29) is 10.6 Å². The van der Waals surface area contributed by atoms with Crippen LogP contribution in [-0.2, 0) is 5.60 Å². The number of halogens is 2. The largest absolute Gasteiger partial charge is 0.385 e. The molecule has 0 aliphatic heterocycles. The first-order chi connectivity index (χ1) is 10.5. The summed E-state index contributed by atoms with van der Waals surface area (Å²) in [6.07, 6.45) is 4.02. The van der Waals surface area contributed by atoms with Crippen molar-refractivity contribution in [1.29, 1.82) is 0 Å². The quantitative estimate of drug-likeness (QED) is 0.910. The third-order valence-electron chi connectivity index (χ3n) is 3.90. The molecule has 0 spiro atoms. The van der Waals surface area contributed by atoms with E-state index in [4.69, 9.17) is 11.6 Å². The number of hydrogen-bond donors (Lipinski definition) is 2. The zero-order chi connectivity index (χ0) is 15.7. The molecule has 0 atom stereocenters. The molecular weight excluding hydrogens is 307 g/mol. The van der Waals surface area contributed by atoms with Gasteiger partial charge in [0.1, 0.15) is 11.6 Å². The summed E-state index contributed by atoms with van der Waals surface area (Å²) in [5, 5.41) is 12.7. The number of nitrogens with zero attached hydrogens (tertiary/aromatic N) is 1. The van der Waals surface area contributed by atoms with E-state index in [2.05, 4.69) is 10.3 Å². The molecule has 1 heterocycles. The first-order valence-electron chi connectivity index (χ1n) is 6.93. The number of hydrogen-bond acceptors (Lipinski definition) is 3. The van der Waals surface area contributed by atoms with Gasteiger partial charge >= 0.3 is 0 Å². The van der Waals surface area contributed by atoms with Crippen LogP contribution < -0.4 is 5.32 Å². The van der Waals surface area contributed by atoms with E-state index < -0.39 is 17.3 Å². The molecule has 4 nitrogen and oxygen atoms in total. The topological polar surface area (TPSA) is 62.2 Å². The predicted molar refractivity (Wildman–Crippen MR) is 81.3 cm³/mol. The molecule has 3 rings (SSSR count). The van der Waals surface area contributed by atoms with Crippen LogP contribution in [0.1, 0.15) is 35.2 Å². The SMILES string of the molecule is O=C(Nc1ccc(C2(O)CCC2)cn1)c1ccc(F)c(Cl)c1. The molecule has 6 heteroatoms. The Bertz CT molecular complexity index is 715. The summed E-state index contributed by atoms with van der Waals surface area (Å²) in [7, 11) is 0. The number of carbonyl (C=O) groups is 1. The van der Waals surface area contributed by atoms with Crippen LogP contribution in [0, 0.1) is 5.82 Å². The van der Waals surface area contributed by atoms with Gasteiger partial charge in [-0.1, -0.05) is 17.7 Å². The standard InChI is InChI=1S/C16H14ClFN2O2/c17-12-8-10(2-4-13(12)18)15(21)20-14-5-3-11(9-19-14)16(22)6-1-7-16/h2-5,8-9,22H,1,6-7H2,(H,19,20,21). The molecular formula is C16H14ClFN2O2. The minimum Gasteiger partial charge on any atom is -0.385 e. The highest BCUT2D eigenvalue weighted by molar-refractivity contribution is 6.31. The minimum atomic E-state index is -0.778. The molecule has 0 radical (unpaired) electrons. The second-order valence-electron chi connectivity index (χ2n) is 5.40. The number of rotatable bonds is 3. The molecule has 1 amide bonds. The number of carbonyl (C=O) groups excluding carboxylic acids is 1. The van der Waals surface area contributed by atoms with Crippen molar-refractivity contribution in [2.24, 2.45) is 0 Å². The van der Waals surface area contributed by atoms with Crippen molar-refractivity contribution in [3.63, 3.8) is 0 Å². The lowest BCUT2D eigenvalue weighted by Crippen LogP contribution is -2.33. The Morgan fingerprint density at radius 1 is 1.32 bits per heavy atom. The second kappa shape index (κ2) is 5.66. The Kier molecular flexibility index (Phi) is 3.85. The zero-order valence-corrected chi connectivity index (χ0v) is 12.4. The van der Waals surface area contributed by atoms with E-state index in [9.17, 15) is 14.3 Å². The maximum atomic E-state index is 13.1. The van der Waals surface area contributed by atoms with Crippen LogP contribution in [0.25, 0.3) is 0 Å². The van der Waals surface area contributed by atoms with Gasteiger partial charge in [0.25, 0.3) is 5.91 Å². The number of anilines is 1. The second-order valence-corrected chi connectivity index (χ2v) is 5.81. The van der Waals surface area contributed by atoms with Gasteiger partial charge < -0.3 is 10.4 Å². The molecule has 0 bridgehead atoms. The van der Waals surface area contributed by atoms with Crippen molar-refractivity contribution in [2.75, 3.05) is 5.32 Å². The number of aliphatic hydroxyl groups is 1. The van der Waals surface area contributed by atoms with Crippen molar-refractivity contribution < 1.29 is 14.3 Å². The van der Waals surface area contributed by atoms with Gasteiger partial charge in [0, 0.05) is 17.3 Å². The summed E-state index contributed by atoms with van der Waals surface area (Å²) >= 11 is 5.66. The third-order valence-corrected chi connectivity index (χ3v) is 4.19. The third kappa shape index (κ3) is 2.82. The zero-order valence-electron chi connectivity index (χ0n) is 11.6. The average Bonchev–Trinajstić information content (AvgIpc) is 2.48. The fourth-order valence-electron chi connectivity index (χ4n) is 2.37. The number of amides is 1. The highest BCUT2D eigenvalue weighted by Crippen LogP contribution is 2.40. The van der Waals surface area contributed by atoms with E-state index in [1.54, 1.807) is 18.3 Å². The Balaban J connectivity index is 1.72. The summed E-state index contributed by atoms with van der Waals surface area (Å²) in [5.74, 6) is -0.643. The molecule has 1 fully saturated rings. The van der Waals surface area contributed by atoms with Crippen LogP contribution in [0.15, 0.2) is 36.5 Å². The normalized spacial score (nSPS) is 16.0. The first-order valence-corrected chi connectivity index (χ1v) is 7.31. The van der Waals surface area contributed by atoms with Gasteiger partial charge in [-0.2, -0.15) is 0 Å². The highest BCUT2D eigenvalue weighted by Gasteiger charge is 2.36. The summed E-state index contributed by atoms with van der Waals surface area (Å²) in [6.45, 7) is 0. The van der Waals surface area contributed by atoms with Crippen LogP contribution in [0.5, 0.6) is 0 Å². The molecule has 1 aromatic carbocycles. The lowest BCUT2D eigenvalue weighted by atomic mass is 9.76. The monoisotopic (exact) mass is 320 g/mol. The predicted octanol–water partition coefficient (Wildman–Crippen LogP) is 3.50. The fourth-order valence-corrected chi connectivity index (χ4v) is 2.55. The molecule has 114 valence electrons. The Hall–Kier alpha value is -1.98. The summed E-state index contributed by atoms with van der Waals surface area (Å²) in [5.41, 5.74) is 0.219. The van der Waals surface area contributed by atoms with Gasteiger partial charge in [0.2, 0.25) is 0 Å². The van der Waals surface area contributed by atoms with Crippen molar-refractivity contribution in [2.45, 2.75) is 24.9 Å². The van der Waals surface area contributed by atoms with Gasteiger partial charge in [0.05, 0.1) is 10.6 Å². The van der Waals surface area contributed by atoms with Crippen molar-refractivity contribution >= 4 is 23.3 Å². The maximum Gasteiger partial charge on any atom is 0.256 e. The fraction of sp³-hybridized carbons (Fsp3) is 0.250. The average molecular weight is 321 g/mol. The Morgan fingerprint density at radius 2 is 2.09 bits per heavy atom. The van der Waals surface area contributed by atoms with Crippen molar-refractivity contribution in [3.05, 3.63) is 58.5 Å². The molecule has 1 aliphatic rings. The van der Waals surface area contributed by atoms with E-state index >= 15 is 0 Å². The number of pyridine rings is 1. The van der Waals surface area contributed by atoms with Crippen LogP contribution in [0.2, 0.25) is 5.02 Å². The van der Waals surface area contributed by atoms with E-state index in [0.717, 1.165) is 30.9 Å². The molecule has 0 unspecified atom stereocenters. The van der Waals surface area contributed by atoms with E-state index in [1.807, 2.05) is 0 Å². The lowest BCUT2D eigenvalue weighted by Gasteiger charge is -2.36. The smallest absolute Gasteiger partial charge is 0.256 e. The summed E-state index contributed by atoms with van der Waals surface area (Å²) in [4.78, 5) is 16.2. The van der Waals surface area contributed by atoms with Crippen LogP contribution in [-0.4, -0.2) is 16.0 Å². The molecule has 0 saturated heterocycles. The lowest BCUT2D eigenvalue weighted by molar-refractivity contribution is -0.0390. The highest BCUT2D eigenvalue weighted by atomic mass is 35.5. The molecule has 2 aromatic rings. The van der Waals surface area contributed by atoms with Gasteiger partial charge in [0.15, 0.2) is 0 Å². The Morgan fingerprint density at radius 3 is 2.64 bits per heavy atom. The summed E-state index contributed by atoms with van der Waals surface area (Å²) < 4.78 is 13.1. The van der Waals surface area contributed by atoms with Gasteiger partial charge in [-0.05, 0) is 43.5 Å². The van der Waals surface area contributed by atoms with Crippen LogP contribution >= 0.6 is 11.6 Å². The summed E-state index contributed by atoms with van der Waals surface area (Å²) in [6, 6.07) is 7.13. The molecule has 1 aliphatic carbocycles. The minimum absolute atomic E-state index is 0.108. The van der Waals surface area contributed by atoms with E-state index in [1.165, 1.54) is 12.1 Å². The van der Waals surface area contributed by atoms with Crippen LogP contribution in [0.4, 0.5) is 10.2 Å². The first kappa shape index (κ1) is 14.9. The number of aromatic nitrogens is 1. The number of benzene rings is 1. The molecule has 22 heavy (non-hydrogen) atoms. The maximum absolute atomic E-state index is 13.1. The molecule has 2 N–H and O–H groups in total. The molecule has 1 saturated carbocycles. The van der Waals surface area contributed by atoms with Gasteiger partial charge in [-0.15, -0.1) is 0 Å². The van der Waals surface area contributed by atoms with Gasteiger partial charge in [-0.3, -0.25) is 4.79 Å². The van der Waals surface area contributed by atoms with Crippen molar-refractivity contribution in [1.82, 2.24) is 4.98 Å². The van der Waals surface area contributed by atoms with Crippen LogP contribution in [0.3, 0.4) is 0 Å².